The van der Waals surface area contributed by atoms with Gasteiger partial charge in [-0.3, -0.25) is 0 Å². The van der Waals surface area contributed by atoms with Crippen LogP contribution in [0.5, 0.6) is 17.2 Å². The van der Waals surface area contributed by atoms with Crippen LogP contribution in [0.3, 0.4) is 0 Å². The highest BCUT2D eigenvalue weighted by Gasteiger charge is 2.22. The van der Waals surface area contributed by atoms with E-state index in [1.165, 1.54) is 12.1 Å². The Bertz CT molecular complexity index is 1290. The molecule has 0 aliphatic rings. The van der Waals surface area contributed by atoms with Crippen molar-refractivity contribution < 1.29 is 23.8 Å². The van der Waals surface area contributed by atoms with Crippen LogP contribution in [-0.4, -0.2) is 17.3 Å². The fraction of sp³-hybridized carbons (Fsp3) is 0.190. The lowest BCUT2D eigenvalue weighted by atomic mass is 10.0. The monoisotopic (exact) mass is 366 g/mol. The van der Waals surface area contributed by atoms with Gasteiger partial charge in [0.2, 0.25) is 0 Å². The lowest BCUT2D eigenvalue weighted by molar-refractivity contribution is 0.410. The second kappa shape index (κ2) is 6.09. The van der Waals surface area contributed by atoms with Crippen molar-refractivity contribution in [2.45, 2.75) is 20.3 Å². The Hall–Kier alpha value is -3.41. The van der Waals surface area contributed by atoms with E-state index in [-0.39, 0.29) is 33.4 Å². The summed E-state index contributed by atoms with van der Waals surface area (Å²) in [6.07, 6.45) is 2.61. The van der Waals surface area contributed by atoms with Crippen molar-refractivity contribution in [3.63, 3.8) is 0 Å². The first-order valence-corrected chi connectivity index (χ1v) is 8.45. The van der Waals surface area contributed by atoms with Gasteiger partial charge in [-0.2, -0.15) is 0 Å². The number of phenolic OH excluding ortho intramolecular Hbond substituents is 2. The van der Waals surface area contributed by atoms with E-state index >= 15 is 0 Å². The van der Waals surface area contributed by atoms with E-state index in [2.05, 4.69) is 0 Å². The molecular weight excluding hydrogens is 348 g/mol. The molecule has 0 fully saturated rings. The Labute approximate surface area is 153 Å². The maximum absolute atomic E-state index is 12.6. The van der Waals surface area contributed by atoms with Crippen molar-refractivity contribution >= 4 is 32.9 Å². The highest BCUT2D eigenvalue weighted by atomic mass is 16.5. The number of benzene rings is 2. The molecule has 2 aromatic heterocycles. The van der Waals surface area contributed by atoms with Gasteiger partial charge >= 0.3 is 5.63 Å². The molecule has 0 spiro atoms. The summed E-state index contributed by atoms with van der Waals surface area (Å²) >= 11 is 0. The third-order valence-electron chi connectivity index (χ3n) is 4.55. The largest absolute Gasteiger partial charge is 0.508 e. The first-order chi connectivity index (χ1) is 12.9. The van der Waals surface area contributed by atoms with Gasteiger partial charge < -0.3 is 23.8 Å². The quantitative estimate of drug-likeness (QED) is 0.406. The van der Waals surface area contributed by atoms with Gasteiger partial charge in [-0.25, -0.2) is 4.79 Å². The van der Waals surface area contributed by atoms with Crippen molar-refractivity contribution in [2.75, 3.05) is 7.11 Å². The number of rotatable bonds is 3. The van der Waals surface area contributed by atoms with Gasteiger partial charge in [0.25, 0.3) is 0 Å². The minimum absolute atomic E-state index is 0.0573. The number of methoxy groups -OCH3 is 1. The molecule has 6 nitrogen and oxygen atoms in total. The maximum atomic E-state index is 12.6. The van der Waals surface area contributed by atoms with Crippen molar-refractivity contribution in [2.24, 2.45) is 0 Å². The summed E-state index contributed by atoms with van der Waals surface area (Å²) in [7, 11) is 1.58. The van der Waals surface area contributed by atoms with Crippen LogP contribution < -0.4 is 10.4 Å². The molecule has 0 aliphatic carbocycles. The summed E-state index contributed by atoms with van der Waals surface area (Å²) in [5, 5.41) is 21.0. The highest BCUT2D eigenvalue weighted by molar-refractivity contribution is 6.15. The molecule has 2 aromatic carbocycles. The van der Waals surface area contributed by atoms with E-state index in [4.69, 9.17) is 13.6 Å². The number of phenols is 2. The van der Waals surface area contributed by atoms with Crippen molar-refractivity contribution in [3.8, 4) is 17.2 Å². The first kappa shape index (κ1) is 17.0. The predicted molar refractivity (Wildman–Crippen MR) is 103 cm³/mol. The summed E-state index contributed by atoms with van der Waals surface area (Å²) < 4.78 is 16.8. The Morgan fingerprint density at radius 2 is 1.89 bits per heavy atom. The van der Waals surface area contributed by atoms with Crippen molar-refractivity contribution in [1.82, 2.24) is 0 Å². The van der Waals surface area contributed by atoms with Gasteiger partial charge in [0.05, 0.1) is 7.11 Å². The molecule has 0 amide bonds. The molecular formula is C21H18O6. The number of hydrogen-bond donors (Lipinski definition) is 2. The summed E-state index contributed by atoms with van der Waals surface area (Å²) in [6.45, 7) is 4.00. The number of hydrogen-bond acceptors (Lipinski definition) is 6. The van der Waals surface area contributed by atoms with Gasteiger partial charge in [0, 0.05) is 23.1 Å². The molecule has 0 saturated carbocycles. The summed E-state index contributed by atoms with van der Waals surface area (Å²) in [6, 6.07) is 5.98. The van der Waals surface area contributed by atoms with Crippen LogP contribution in [0.4, 0.5) is 0 Å². The average molecular weight is 366 g/mol. The number of allylic oxidation sites excluding steroid dienone is 2. The Morgan fingerprint density at radius 3 is 2.59 bits per heavy atom. The lowest BCUT2D eigenvalue weighted by Gasteiger charge is -2.07. The zero-order chi connectivity index (χ0) is 19.3. The molecule has 27 heavy (non-hydrogen) atoms. The molecule has 0 saturated heterocycles. The molecule has 0 aliphatic heterocycles. The van der Waals surface area contributed by atoms with Gasteiger partial charge in [0.1, 0.15) is 39.2 Å². The maximum Gasteiger partial charge on any atom is 0.348 e. The molecule has 2 heterocycles. The van der Waals surface area contributed by atoms with E-state index in [9.17, 15) is 15.0 Å². The van der Waals surface area contributed by atoms with Crippen LogP contribution in [0, 0.1) is 0 Å². The third-order valence-corrected chi connectivity index (χ3v) is 4.55. The van der Waals surface area contributed by atoms with Crippen LogP contribution in [0.2, 0.25) is 0 Å². The third kappa shape index (κ3) is 2.61. The second-order valence-electron chi connectivity index (χ2n) is 6.64. The molecule has 6 heteroatoms. The predicted octanol–water partition coefficient (Wildman–Crippen LogP) is 4.62. The SMILES string of the molecule is COc1ccc2c(oc3c4c(O)cc(O)cc4oc(=O)c23)c1CC=C(C)C. The number of aromatic hydroxyl groups is 2. The Kier molecular flexibility index (Phi) is 3.84. The van der Waals surface area contributed by atoms with E-state index in [0.29, 0.717) is 23.1 Å². The molecule has 0 bridgehead atoms. The van der Waals surface area contributed by atoms with Crippen molar-refractivity contribution in [1.29, 1.82) is 0 Å². The van der Waals surface area contributed by atoms with Crippen LogP contribution in [-0.2, 0) is 6.42 Å². The number of ether oxygens (including phenoxy) is 1. The smallest absolute Gasteiger partial charge is 0.348 e. The fourth-order valence-electron chi connectivity index (χ4n) is 3.31. The van der Waals surface area contributed by atoms with Gasteiger partial charge in [-0.15, -0.1) is 0 Å². The van der Waals surface area contributed by atoms with Gasteiger partial charge in [-0.05, 0) is 32.4 Å². The zero-order valence-electron chi connectivity index (χ0n) is 15.1. The minimum atomic E-state index is -0.598. The van der Waals surface area contributed by atoms with Crippen molar-refractivity contribution in [3.05, 3.63) is 51.9 Å². The number of fused-ring (bicyclic) bond motifs is 5. The molecule has 138 valence electrons. The highest BCUT2D eigenvalue weighted by Crippen LogP contribution is 2.40. The topological polar surface area (TPSA) is 93.0 Å². The molecule has 0 unspecified atom stereocenters. The summed E-state index contributed by atoms with van der Waals surface area (Å²) in [5.41, 5.74) is 2.14. The fourth-order valence-corrected chi connectivity index (χ4v) is 3.31. The molecule has 4 aromatic rings. The van der Waals surface area contributed by atoms with E-state index in [0.717, 1.165) is 11.1 Å². The molecule has 4 rings (SSSR count). The number of furan rings is 1. The van der Waals surface area contributed by atoms with E-state index in [1.54, 1.807) is 19.2 Å². The van der Waals surface area contributed by atoms with Gasteiger partial charge in [-0.1, -0.05) is 11.6 Å². The van der Waals surface area contributed by atoms with E-state index < -0.39 is 5.63 Å². The molecule has 2 N–H and O–H groups in total. The van der Waals surface area contributed by atoms with Crippen LogP contribution >= 0.6 is 0 Å². The Morgan fingerprint density at radius 1 is 1.11 bits per heavy atom. The second-order valence-corrected chi connectivity index (χ2v) is 6.64. The molecule has 0 radical (unpaired) electrons. The average Bonchev–Trinajstić information content (AvgIpc) is 2.98. The van der Waals surface area contributed by atoms with E-state index in [1.807, 2.05) is 19.9 Å². The summed E-state index contributed by atoms with van der Waals surface area (Å²) in [5.74, 6) is 0.217. The van der Waals surface area contributed by atoms with Gasteiger partial charge in [0.15, 0.2) is 5.58 Å². The van der Waals surface area contributed by atoms with Crippen LogP contribution in [0.15, 0.2) is 49.5 Å². The normalized spacial score (nSPS) is 11.4. The first-order valence-electron chi connectivity index (χ1n) is 8.45. The lowest BCUT2D eigenvalue weighted by Crippen LogP contribution is -1.98. The zero-order valence-corrected chi connectivity index (χ0v) is 15.1. The minimum Gasteiger partial charge on any atom is -0.508 e. The van der Waals surface area contributed by atoms with Crippen LogP contribution in [0.1, 0.15) is 19.4 Å². The van der Waals surface area contributed by atoms with Crippen LogP contribution in [0.25, 0.3) is 32.9 Å². The Balaban J connectivity index is 2.19. The molecule has 0 atom stereocenters. The summed E-state index contributed by atoms with van der Waals surface area (Å²) in [4.78, 5) is 12.6. The standard InChI is InChI=1S/C21H18O6/c1-10(2)4-5-12-15(25-3)7-6-13-17-20(27-19(12)13)18-14(23)8-11(22)9-16(18)26-21(17)24/h4,6-9,22-23H,5H2,1-3H3.